The first-order valence-corrected chi connectivity index (χ1v) is 7.58. The van der Waals surface area contributed by atoms with E-state index in [-0.39, 0.29) is 0 Å². The Morgan fingerprint density at radius 2 is 1.69 bits per heavy atom. The average molecular weight is 223 g/mol. The van der Waals surface area contributed by atoms with E-state index in [9.17, 15) is 0 Å². The van der Waals surface area contributed by atoms with Gasteiger partial charge in [-0.3, -0.25) is 0 Å². The Kier molecular flexibility index (Phi) is 4.69. The first-order chi connectivity index (χ1) is 7.87. The molecule has 1 N–H and O–H groups in total. The highest BCUT2D eigenvalue weighted by atomic mass is 14.9. The molecule has 0 saturated heterocycles. The maximum absolute atomic E-state index is 3.70. The van der Waals surface area contributed by atoms with Crippen LogP contribution in [0.5, 0.6) is 0 Å². The van der Waals surface area contributed by atoms with E-state index >= 15 is 0 Å². The third-order valence-corrected chi connectivity index (χ3v) is 4.97. The van der Waals surface area contributed by atoms with E-state index < -0.39 is 0 Å². The zero-order valence-corrected chi connectivity index (χ0v) is 11.1. The van der Waals surface area contributed by atoms with Gasteiger partial charge >= 0.3 is 0 Å². The molecule has 0 aromatic carbocycles. The Bertz CT molecular complexity index is 188. The molecule has 0 unspecified atom stereocenters. The zero-order valence-electron chi connectivity index (χ0n) is 11.1. The maximum atomic E-state index is 3.70. The summed E-state index contributed by atoms with van der Waals surface area (Å²) < 4.78 is 0. The fraction of sp³-hybridized carbons (Fsp3) is 1.00. The van der Waals surface area contributed by atoms with E-state index in [1.807, 2.05) is 0 Å². The molecule has 2 rings (SSSR count). The Morgan fingerprint density at radius 3 is 2.19 bits per heavy atom. The normalized spacial score (nSPS) is 26.1. The lowest BCUT2D eigenvalue weighted by atomic mass is 9.59. The lowest BCUT2D eigenvalue weighted by Crippen LogP contribution is -2.45. The van der Waals surface area contributed by atoms with E-state index in [4.69, 9.17) is 0 Å². The summed E-state index contributed by atoms with van der Waals surface area (Å²) in [6, 6.07) is 0. The second-order valence-electron chi connectivity index (χ2n) is 6.08. The van der Waals surface area contributed by atoms with Gasteiger partial charge in [0.2, 0.25) is 0 Å². The van der Waals surface area contributed by atoms with Crippen LogP contribution in [0.4, 0.5) is 0 Å². The van der Waals surface area contributed by atoms with E-state index in [1.165, 1.54) is 77.3 Å². The zero-order chi connectivity index (χ0) is 11.3. The largest absolute Gasteiger partial charge is 0.316 e. The highest BCUT2D eigenvalue weighted by Crippen LogP contribution is 2.51. The van der Waals surface area contributed by atoms with Crippen LogP contribution in [0.3, 0.4) is 0 Å². The highest BCUT2D eigenvalue weighted by molar-refractivity contribution is 4.95. The van der Waals surface area contributed by atoms with Gasteiger partial charge in [-0.05, 0) is 50.0 Å². The van der Waals surface area contributed by atoms with Crippen LogP contribution in [0.1, 0.15) is 71.1 Å². The van der Waals surface area contributed by atoms with Crippen molar-refractivity contribution in [1.29, 1.82) is 0 Å². The molecule has 0 heterocycles. The van der Waals surface area contributed by atoms with E-state index in [0.717, 1.165) is 11.3 Å². The van der Waals surface area contributed by atoms with Crippen LogP contribution in [-0.4, -0.2) is 13.1 Å². The van der Waals surface area contributed by atoms with Crippen molar-refractivity contribution in [3.05, 3.63) is 0 Å². The van der Waals surface area contributed by atoms with Gasteiger partial charge in [0.15, 0.2) is 0 Å². The van der Waals surface area contributed by atoms with Crippen LogP contribution < -0.4 is 5.32 Å². The molecule has 1 nitrogen and oxygen atoms in total. The molecule has 2 saturated carbocycles. The molecule has 16 heavy (non-hydrogen) atoms. The molecular weight excluding hydrogens is 194 g/mol. The Hall–Kier alpha value is -0.0400. The monoisotopic (exact) mass is 223 g/mol. The van der Waals surface area contributed by atoms with Gasteiger partial charge in [0, 0.05) is 6.54 Å². The van der Waals surface area contributed by atoms with Gasteiger partial charge in [-0.15, -0.1) is 0 Å². The molecule has 0 aliphatic heterocycles. The molecule has 0 bridgehead atoms. The topological polar surface area (TPSA) is 12.0 Å². The maximum Gasteiger partial charge on any atom is 0.00105 e. The van der Waals surface area contributed by atoms with Crippen LogP contribution in [0.25, 0.3) is 0 Å². The van der Waals surface area contributed by atoms with E-state index in [2.05, 4.69) is 12.2 Å². The van der Waals surface area contributed by atoms with Crippen molar-refractivity contribution in [2.24, 2.45) is 11.3 Å². The third-order valence-electron chi connectivity index (χ3n) is 4.97. The van der Waals surface area contributed by atoms with Crippen molar-refractivity contribution in [2.45, 2.75) is 71.1 Å². The van der Waals surface area contributed by atoms with Crippen molar-refractivity contribution in [2.75, 3.05) is 13.1 Å². The van der Waals surface area contributed by atoms with Crippen LogP contribution in [0, 0.1) is 11.3 Å². The predicted molar refractivity (Wildman–Crippen MR) is 70.6 cm³/mol. The summed E-state index contributed by atoms with van der Waals surface area (Å²) in [7, 11) is 0. The molecule has 94 valence electrons. The number of nitrogens with one attached hydrogen (secondary N) is 1. The molecule has 0 aromatic rings. The average Bonchev–Trinajstić information content (AvgIpc) is 2.51. The van der Waals surface area contributed by atoms with E-state index in [0.29, 0.717) is 0 Å². The summed E-state index contributed by atoms with van der Waals surface area (Å²) in [5, 5.41) is 3.70. The molecule has 2 aliphatic rings. The van der Waals surface area contributed by atoms with Crippen molar-refractivity contribution in [3.8, 4) is 0 Å². The minimum atomic E-state index is 0.722. The van der Waals surface area contributed by atoms with E-state index in [1.54, 1.807) is 0 Å². The first kappa shape index (κ1) is 12.4. The quantitative estimate of drug-likeness (QED) is 0.546. The SMILES string of the molecule is CCCNCC1(C2CCCCCC2)CCC1. The predicted octanol–water partition coefficient (Wildman–Crippen LogP) is 4.13. The van der Waals surface area contributed by atoms with Crippen LogP contribution >= 0.6 is 0 Å². The summed E-state index contributed by atoms with van der Waals surface area (Å²) in [6.45, 7) is 4.80. The Balaban J connectivity index is 1.85. The second kappa shape index (κ2) is 6.05. The minimum Gasteiger partial charge on any atom is -0.316 e. The van der Waals surface area contributed by atoms with Crippen molar-refractivity contribution in [3.63, 3.8) is 0 Å². The van der Waals surface area contributed by atoms with Crippen LogP contribution in [0.15, 0.2) is 0 Å². The third kappa shape index (κ3) is 2.80. The molecule has 2 fully saturated rings. The molecule has 0 amide bonds. The lowest BCUT2D eigenvalue weighted by molar-refractivity contribution is 0.0391. The molecule has 0 spiro atoms. The van der Waals surface area contributed by atoms with Gasteiger partial charge in [0.1, 0.15) is 0 Å². The fourth-order valence-corrected chi connectivity index (χ4v) is 3.77. The molecular formula is C15H29N. The molecule has 0 radical (unpaired) electrons. The smallest absolute Gasteiger partial charge is 0.00105 e. The summed E-state index contributed by atoms with van der Waals surface area (Å²) >= 11 is 0. The van der Waals surface area contributed by atoms with Gasteiger partial charge in [0.05, 0.1) is 0 Å². The van der Waals surface area contributed by atoms with Gasteiger partial charge in [-0.1, -0.05) is 39.0 Å². The van der Waals surface area contributed by atoms with Crippen LogP contribution in [0.2, 0.25) is 0 Å². The summed E-state index contributed by atoms with van der Waals surface area (Å²) in [4.78, 5) is 0. The molecule has 0 aromatic heterocycles. The second-order valence-corrected chi connectivity index (χ2v) is 6.08. The van der Waals surface area contributed by atoms with Gasteiger partial charge in [-0.25, -0.2) is 0 Å². The first-order valence-electron chi connectivity index (χ1n) is 7.58. The van der Waals surface area contributed by atoms with Gasteiger partial charge in [0.25, 0.3) is 0 Å². The number of hydrogen-bond acceptors (Lipinski definition) is 1. The van der Waals surface area contributed by atoms with Crippen molar-refractivity contribution < 1.29 is 0 Å². The lowest BCUT2D eigenvalue weighted by Gasteiger charge is -2.48. The van der Waals surface area contributed by atoms with Gasteiger partial charge < -0.3 is 5.32 Å². The molecule has 1 heteroatoms. The fourth-order valence-electron chi connectivity index (χ4n) is 3.77. The number of rotatable bonds is 5. The number of hydrogen-bond donors (Lipinski definition) is 1. The highest BCUT2D eigenvalue weighted by Gasteiger charge is 2.42. The summed E-state index contributed by atoms with van der Waals surface area (Å²) in [5.41, 5.74) is 0.722. The molecule has 2 aliphatic carbocycles. The summed E-state index contributed by atoms with van der Waals surface area (Å²) in [6.07, 6.45) is 14.8. The minimum absolute atomic E-state index is 0.722. The standard InChI is InChI=1S/C15H29N/c1-2-12-16-13-15(10-7-11-15)14-8-5-3-4-6-9-14/h14,16H,2-13H2,1H3. The van der Waals surface area contributed by atoms with Crippen molar-refractivity contribution >= 4 is 0 Å². The Morgan fingerprint density at radius 1 is 1.00 bits per heavy atom. The summed E-state index contributed by atoms with van der Waals surface area (Å²) in [5.74, 6) is 1.05. The van der Waals surface area contributed by atoms with Crippen molar-refractivity contribution in [1.82, 2.24) is 5.32 Å². The Labute approximate surface area is 101 Å². The van der Waals surface area contributed by atoms with Gasteiger partial charge in [-0.2, -0.15) is 0 Å². The molecule has 0 atom stereocenters. The van der Waals surface area contributed by atoms with Crippen LogP contribution in [-0.2, 0) is 0 Å².